The molecule has 1 aliphatic carbocycles. The van der Waals surface area contributed by atoms with Gasteiger partial charge in [-0.2, -0.15) is 0 Å². The minimum atomic E-state index is -3.82. The SMILES string of the molecule is [C-]#[N+]c1ccc(-c2c3c(cn2S(=O)(=O)c2cccc(Cl)c2)C(NC)CC3)cc1. The molecule has 4 rings (SSSR count). The van der Waals surface area contributed by atoms with Crippen LogP contribution in [0.1, 0.15) is 23.6 Å². The van der Waals surface area contributed by atoms with Gasteiger partial charge in [-0.3, -0.25) is 0 Å². The topological polar surface area (TPSA) is 55.5 Å². The van der Waals surface area contributed by atoms with Crippen LogP contribution in [0.25, 0.3) is 16.1 Å². The van der Waals surface area contributed by atoms with Gasteiger partial charge >= 0.3 is 0 Å². The second-order valence-corrected chi connectivity index (χ2v) is 8.96. The maximum atomic E-state index is 13.4. The minimum Gasteiger partial charge on any atom is -0.313 e. The summed E-state index contributed by atoms with van der Waals surface area (Å²) >= 11 is 6.04. The summed E-state index contributed by atoms with van der Waals surface area (Å²) in [6.07, 6.45) is 3.43. The summed E-state index contributed by atoms with van der Waals surface area (Å²) in [6.45, 7) is 7.14. The first kappa shape index (κ1) is 18.8. The molecule has 0 saturated carbocycles. The van der Waals surface area contributed by atoms with Crippen molar-refractivity contribution in [1.29, 1.82) is 0 Å². The zero-order valence-electron chi connectivity index (χ0n) is 15.2. The van der Waals surface area contributed by atoms with E-state index < -0.39 is 10.0 Å². The van der Waals surface area contributed by atoms with E-state index >= 15 is 0 Å². The molecule has 1 aromatic heterocycles. The predicted molar refractivity (Wildman–Crippen MR) is 110 cm³/mol. The first-order valence-corrected chi connectivity index (χ1v) is 10.7. The third kappa shape index (κ3) is 3.02. The molecule has 5 nitrogen and oxygen atoms in total. The summed E-state index contributed by atoms with van der Waals surface area (Å²) in [4.78, 5) is 3.57. The lowest BCUT2D eigenvalue weighted by molar-refractivity contribution is 0.579. The van der Waals surface area contributed by atoms with Gasteiger partial charge < -0.3 is 5.32 Å². The van der Waals surface area contributed by atoms with Crippen LogP contribution in [0.15, 0.2) is 59.6 Å². The molecule has 3 aromatic rings. The molecule has 0 bridgehead atoms. The fourth-order valence-corrected chi connectivity index (χ4v) is 5.49. The van der Waals surface area contributed by atoms with E-state index in [1.165, 1.54) is 10.0 Å². The summed E-state index contributed by atoms with van der Waals surface area (Å²) in [5.41, 5.74) is 3.97. The Hall–Kier alpha value is -2.59. The molecule has 0 spiro atoms. The monoisotopic (exact) mass is 411 g/mol. The van der Waals surface area contributed by atoms with E-state index in [0.717, 1.165) is 29.5 Å². The molecular weight excluding hydrogens is 394 g/mol. The van der Waals surface area contributed by atoms with Crippen molar-refractivity contribution < 1.29 is 8.42 Å². The number of hydrogen-bond donors (Lipinski definition) is 1. The third-order valence-corrected chi connectivity index (χ3v) is 7.03. The van der Waals surface area contributed by atoms with E-state index in [1.54, 1.807) is 48.7 Å². The summed E-state index contributed by atoms with van der Waals surface area (Å²) in [6, 6.07) is 13.4. The number of hydrogen-bond acceptors (Lipinski definition) is 3. The Morgan fingerprint density at radius 2 is 1.96 bits per heavy atom. The van der Waals surface area contributed by atoms with Crippen LogP contribution in [-0.4, -0.2) is 19.4 Å². The van der Waals surface area contributed by atoms with Gasteiger partial charge in [0.15, 0.2) is 5.69 Å². The van der Waals surface area contributed by atoms with Crippen molar-refractivity contribution in [1.82, 2.24) is 9.29 Å². The number of nitrogens with one attached hydrogen (secondary N) is 1. The molecule has 7 heteroatoms. The van der Waals surface area contributed by atoms with Gasteiger partial charge in [-0.15, -0.1) is 0 Å². The highest BCUT2D eigenvalue weighted by atomic mass is 35.5. The summed E-state index contributed by atoms with van der Waals surface area (Å²) in [5, 5.41) is 3.63. The molecule has 1 unspecified atom stereocenters. The van der Waals surface area contributed by atoms with Crippen LogP contribution >= 0.6 is 11.6 Å². The molecule has 28 heavy (non-hydrogen) atoms. The maximum absolute atomic E-state index is 13.4. The fraction of sp³-hybridized carbons (Fsp3) is 0.190. The Balaban J connectivity index is 1.96. The van der Waals surface area contributed by atoms with Crippen molar-refractivity contribution in [3.63, 3.8) is 0 Å². The molecule has 1 atom stereocenters. The molecule has 0 aliphatic heterocycles. The molecule has 0 amide bonds. The van der Waals surface area contributed by atoms with Crippen LogP contribution in [0.2, 0.25) is 5.02 Å². The normalized spacial score (nSPS) is 16.0. The van der Waals surface area contributed by atoms with Crippen LogP contribution < -0.4 is 5.32 Å². The van der Waals surface area contributed by atoms with Gasteiger partial charge in [-0.1, -0.05) is 41.9 Å². The van der Waals surface area contributed by atoms with Gasteiger partial charge in [-0.05, 0) is 54.8 Å². The Kier molecular flexibility index (Phi) is 4.76. The summed E-state index contributed by atoms with van der Waals surface area (Å²) < 4.78 is 28.2. The largest absolute Gasteiger partial charge is 0.313 e. The van der Waals surface area contributed by atoms with Crippen molar-refractivity contribution in [3.05, 3.63) is 82.3 Å². The average Bonchev–Trinajstić information content (AvgIpc) is 3.27. The van der Waals surface area contributed by atoms with E-state index in [0.29, 0.717) is 16.4 Å². The van der Waals surface area contributed by atoms with E-state index in [2.05, 4.69) is 10.2 Å². The van der Waals surface area contributed by atoms with Crippen LogP contribution in [0.5, 0.6) is 0 Å². The van der Waals surface area contributed by atoms with Crippen LogP contribution in [0, 0.1) is 6.57 Å². The molecular formula is C21H18ClN3O2S. The second kappa shape index (κ2) is 7.10. The Morgan fingerprint density at radius 3 is 2.61 bits per heavy atom. The van der Waals surface area contributed by atoms with Crippen LogP contribution in [0.3, 0.4) is 0 Å². The highest BCUT2D eigenvalue weighted by Gasteiger charge is 2.32. The van der Waals surface area contributed by atoms with Crippen LogP contribution in [-0.2, 0) is 16.4 Å². The third-order valence-electron chi connectivity index (χ3n) is 5.14. The van der Waals surface area contributed by atoms with Gasteiger partial charge in [0.05, 0.1) is 17.2 Å². The zero-order chi connectivity index (χ0) is 19.9. The van der Waals surface area contributed by atoms with E-state index in [4.69, 9.17) is 18.2 Å². The average molecular weight is 412 g/mol. The first-order chi connectivity index (χ1) is 13.5. The summed E-state index contributed by atoms with van der Waals surface area (Å²) in [7, 11) is -1.94. The molecule has 1 heterocycles. The molecule has 0 saturated heterocycles. The van der Waals surface area contributed by atoms with Crippen molar-refractivity contribution in [2.75, 3.05) is 7.05 Å². The molecule has 0 radical (unpaired) electrons. The molecule has 142 valence electrons. The lowest BCUT2D eigenvalue weighted by Gasteiger charge is -2.13. The number of benzene rings is 2. The lowest BCUT2D eigenvalue weighted by atomic mass is 10.1. The smallest absolute Gasteiger partial charge is 0.268 e. The lowest BCUT2D eigenvalue weighted by Crippen LogP contribution is -2.16. The Labute approximate surface area is 169 Å². The van der Waals surface area contributed by atoms with Crippen molar-refractivity contribution in [3.8, 4) is 11.3 Å². The van der Waals surface area contributed by atoms with Crippen molar-refractivity contribution >= 4 is 27.3 Å². The molecule has 1 N–H and O–H groups in total. The molecule has 2 aromatic carbocycles. The molecule has 0 fully saturated rings. The Bertz CT molecular complexity index is 1190. The van der Waals surface area contributed by atoms with Gasteiger partial charge in [0.25, 0.3) is 10.0 Å². The molecule has 1 aliphatic rings. The predicted octanol–water partition coefficient (Wildman–Crippen LogP) is 4.80. The van der Waals surface area contributed by atoms with Gasteiger partial charge in [-0.25, -0.2) is 17.2 Å². The zero-order valence-corrected chi connectivity index (χ0v) is 16.8. The quantitative estimate of drug-likeness (QED) is 0.627. The minimum absolute atomic E-state index is 0.118. The van der Waals surface area contributed by atoms with E-state index in [9.17, 15) is 8.42 Å². The van der Waals surface area contributed by atoms with Gasteiger partial charge in [0.1, 0.15) is 0 Å². The van der Waals surface area contributed by atoms with E-state index in [-0.39, 0.29) is 10.9 Å². The standard InChI is InChI=1S/C21H18ClN3O2S/c1-23-16-8-6-14(7-9-16)21-18-10-11-20(24-2)19(18)13-25(21)28(26,27)17-5-3-4-15(22)12-17/h3-9,12-13,20,24H,10-11H2,2H3. The highest BCUT2D eigenvalue weighted by molar-refractivity contribution is 7.90. The number of fused-ring (bicyclic) bond motifs is 1. The second-order valence-electron chi connectivity index (χ2n) is 6.71. The Morgan fingerprint density at radius 1 is 1.21 bits per heavy atom. The van der Waals surface area contributed by atoms with Crippen molar-refractivity contribution in [2.45, 2.75) is 23.8 Å². The van der Waals surface area contributed by atoms with E-state index in [1.807, 2.05) is 7.05 Å². The first-order valence-electron chi connectivity index (χ1n) is 8.86. The van der Waals surface area contributed by atoms with Crippen LogP contribution in [0.4, 0.5) is 5.69 Å². The number of halogens is 1. The van der Waals surface area contributed by atoms with Crippen molar-refractivity contribution in [2.24, 2.45) is 0 Å². The number of rotatable bonds is 4. The fourth-order valence-electron chi connectivity index (χ4n) is 3.77. The summed E-state index contributed by atoms with van der Waals surface area (Å²) in [5.74, 6) is 0. The van der Waals surface area contributed by atoms with Gasteiger partial charge in [0.2, 0.25) is 0 Å². The highest BCUT2D eigenvalue weighted by Crippen LogP contribution is 2.41. The number of nitrogens with zero attached hydrogens (tertiary/aromatic N) is 2. The number of aromatic nitrogens is 1. The van der Waals surface area contributed by atoms with Gasteiger partial charge in [0, 0.05) is 17.3 Å². The maximum Gasteiger partial charge on any atom is 0.268 e.